The number of carbonyl (C=O) groups is 1. The lowest BCUT2D eigenvalue weighted by Gasteiger charge is -2.05. The molecule has 0 aliphatic heterocycles. The smallest absolute Gasteiger partial charge is 0.307 e. The molecule has 1 aromatic rings. The van der Waals surface area contributed by atoms with Crippen molar-refractivity contribution in [2.24, 2.45) is 0 Å². The molecule has 0 unspecified atom stereocenters. The Bertz CT molecular complexity index is 350. The molecule has 0 spiro atoms. The Morgan fingerprint density at radius 2 is 2.23 bits per heavy atom. The fraction of sp³-hybridized carbons (Fsp3) is 0.222. The van der Waals surface area contributed by atoms with Crippen molar-refractivity contribution in [1.29, 1.82) is 0 Å². The molecule has 2 nitrogen and oxygen atoms in total. The Labute approximate surface area is 89.7 Å². The van der Waals surface area contributed by atoms with Gasteiger partial charge in [0.05, 0.1) is 11.4 Å². The molecule has 0 heterocycles. The van der Waals surface area contributed by atoms with Crippen LogP contribution in [0.2, 0.25) is 5.02 Å². The van der Waals surface area contributed by atoms with E-state index in [0.29, 0.717) is 10.6 Å². The van der Waals surface area contributed by atoms with Crippen LogP contribution in [-0.4, -0.2) is 11.1 Å². The first-order valence-corrected chi connectivity index (χ1v) is 4.84. The molecule has 1 rings (SSSR count). The van der Waals surface area contributed by atoms with Gasteiger partial charge in [-0.15, -0.1) is 0 Å². The molecule has 0 saturated carbocycles. The van der Waals surface area contributed by atoms with Gasteiger partial charge in [-0.25, -0.2) is 0 Å². The lowest BCUT2D eigenvalue weighted by molar-refractivity contribution is -0.136. The first kappa shape index (κ1) is 10.5. The Hall–Kier alpha value is -0.540. The summed E-state index contributed by atoms with van der Waals surface area (Å²) in [6.07, 6.45) is -0.0439. The summed E-state index contributed by atoms with van der Waals surface area (Å²) in [4.78, 5) is 10.4. The van der Waals surface area contributed by atoms with Crippen molar-refractivity contribution in [3.63, 3.8) is 0 Å². The third-order valence-corrected chi connectivity index (χ3v) is 3.38. The minimum absolute atomic E-state index is 0.0439. The third kappa shape index (κ3) is 2.45. The minimum atomic E-state index is -0.877. The van der Waals surface area contributed by atoms with E-state index in [1.165, 1.54) is 0 Å². The lowest BCUT2D eigenvalue weighted by Crippen LogP contribution is -2.01. The van der Waals surface area contributed by atoms with Crippen LogP contribution in [0, 0.1) is 6.92 Å². The fourth-order valence-electron chi connectivity index (χ4n) is 0.985. The summed E-state index contributed by atoms with van der Waals surface area (Å²) >= 11 is 9.23. The van der Waals surface area contributed by atoms with Gasteiger partial charge in [0.15, 0.2) is 0 Å². The SMILES string of the molecule is Cc1ccc(CC(=O)O)c(Cl)c1Br. The summed E-state index contributed by atoms with van der Waals surface area (Å²) in [7, 11) is 0. The zero-order valence-electron chi connectivity index (χ0n) is 6.97. The second kappa shape index (κ2) is 4.11. The summed E-state index contributed by atoms with van der Waals surface area (Å²) in [5, 5.41) is 9.07. The van der Waals surface area contributed by atoms with Crippen molar-refractivity contribution >= 4 is 33.5 Å². The average Bonchev–Trinajstić information content (AvgIpc) is 2.06. The van der Waals surface area contributed by atoms with Crippen LogP contribution < -0.4 is 0 Å². The second-order valence-corrected chi connectivity index (χ2v) is 3.91. The van der Waals surface area contributed by atoms with Gasteiger partial charge in [0.2, 0.25) is 0 Å². The standard InChI is InChI=1S/C9H8BrClO2/c1-5-2-3-6(4-7(12)13)9(11)8(5)10/h2-3H,4H2,1H3,(H,12,13). The highest BCUT2D eigenvalue weighted by Gasteiger charge is 2.09. The largest absolute Gasteiger partial charge is 0.481 e. The molecule has 0 radical (unpaired) electrons. The molecule has 4 heteroatoms. The van der Waals surface area contributed by atoms with E-state index in [9.17, 15) is 4.79 Å². The summed E-state index contributed by atoms with van der Waals surface area (Å²) < 4.78 is 0.771. The van der Waals surface area contributed by atoms with Crippen LogP contribution in [-0.2, 0) is 11.2 Å². The number of benzene rings is 1. The number of carboxylic acid groups (broad SMARTS) is 1. The van der Waals surface area contributed by atoms with Crippen molar-refractivity contribution in [3.05, 3.63) is 32.8 Å². The Kier molecular flexibility index (Phi) is 3.33. The highest BCUT2D eigenvalue weighted by molar-refractivity contribution is 9.10. The molecule has 1 aromatic carbocycles. The number of rotatable bonds is 2. The van der Waals surface area contributed by atoms with E-state index in [-0.39, 0.29) is 6.42 Å². The first-order chi connectivity index (χ1) is 6.02. The quantitative estimate of drug-likeness (QED) is 0.890. The van der Waals surface area contributed by atoms with E-state index in [2.05, 4.69) is 15.9 Å². The molecule has 0 fully saturated rings. The van der Waals surface area contributed by atoms with Crippen molar-refractivity contribution in [2.75, 3.05) is 0 Å². The molecule has 0 aliphatic carbocycles. The number of aryl methyl sites for hydroxylation is 1. The van der Waals surface area contributed by atoms with Gasteiger partial charge < -0.3 is 5.11 Å². The van der Waals surface area contributed by atoms with Crippen LogP contribution in [0.25, 0.3) is 0 Å². The maximum absolute atomic E-state index is 10.4. The van der Waals surface area contributed by atoms with Gasteiger partial charge in [0, 0.05) is 4.47 Å². The number of hydrogen-bond acceptors (Lipinski definition) is 1. The van der Waals surface area contributed by atoms with E-state index in [1.54, 1.807) is 6.07 Å². The molecule has 0 saturated heterocycles. The monoisotopic (exact) mass is 262 g/mol. The summed E-state index contributed by atoms with van der Waals surface area (Å²) in [5.41, 5.74) is 1.63. The molecule has 1 N–H and O–H groups in total. The maximum Gasteiger partial charge on any atom is 0.307 e. The van der Waals surface area contributed by atoms with Crippen LogP contribution >= 0.6 is 27.5 Å². The van der Waals surface area contributed by atoms with Gasteiger partial charge in [0.25, 0.3) is 0 Å². The van der Waals surface area contributed by atoms with Gasteiger partial charge in [0.1, 0.15) is 0 Å². The number of hydrogen-bond donors (Lipinski definition) is 1. The van der Waals surface area contributed by atoms with Crippen molar-refractivity contribution in [1.82, 2.24) is 0 Å². The minimum Gasteiger partial charge on any atom is -0.481 e. The maximum atomic E-state index is 10.4. The highest BCUT2D eigenvalue weighted by Crippen LogP contribution is 2.29. The Balaban J connectivity index is 3.10. The first-order valence-electron chi connectivity index (χ1n) is 3.67. The van der Waals surface area contributed by atoms with Crippen molar-refractivity contribution < 1.29 is 9.90 Å². The molecule has 70 valence electrons. The number of carboxylic acids is 1. The van der Waals surface area contributed by atoms with Gasteiger partial charge >= 0.3 is 5.97 Å². The molecule has 0 bridgehead atoms. The van der Waals surface area contributed by atoms with Crippen molar-refractivity contribution in [3.8, 4) is 0 Å². The third-order valence-electron chi connectivity index (χ3n) is 1.70. The number of halogens is 2. The molecule has 0 amide bonds. The molecular formula is C9H8BrClO2. The predicted molar refractivity (Wildman–Crippen MR) is 55.2 cm³/mol. The van der Waals surface area contributed by atoms with Crippen LogP contribution in [0.5, 0.6) is 0 Å². The van der Waals surface area contributed by atoms with Gasteiger partial charge in [-0.05, 0) is 34.0 Å². The van der Waals surface area contributed by atoms with E-state index in [0.717, 1.165) is 10.0 Å². The van der Waals surface area contributed by atoms with Gasteiger partial charge in [-0.3, -0.25) is 4.79 Å². The summed E-state index contributed by atoms with van der Waals surface area (Å²) in [6, 6.07) is 3.57. The topological polar surface area (TPSA) is 37.3 Å². The van der Waals surface area contributed by atoms with E-state index >= 15 is 0 Å². The summed E-state index contributed by atoms with van der Waals surface area (Å²) in [5.74, 6) is -0.877. The van der Waals surface area contributed by atoms with Crippen LogP contribution in [0.4, 0.5) is 0 Å². The fourth-order valence-corrected chi connectivity index (χ4v) is 1.65. The van der Waals surface area contributed by atoms with Crippen molar-refractivity contribution in [2.45, 2.75) is 13.3 Å². The molecule has 0 aromatic heterocycles. The molecule has 0 atom stereocenters. The summed E-state index contributed by atoms with van der Waals surface area (Å²) in [6.45, 7) is 1.90. The van der Waals surface area contributed by atoms with E-state index in [4.69, 9.17) is 16.7 Å². The van der Waals surface area contributed by atoms with E-state index in [1.807, 2.05) is 13.0 Å². The van der Waals surface area contributed by atoms with Gasteiger partial charge in [-0.1, -0.05) is 23.7 Å². The highest BCUT2D eigenvalue weighted by atomic mass is 79.9. The number of aliphatic carboxylic acids is 1. The molecule has 0 aliphatic rings. The zero-order chi connectivity index (χ0) is 10.0. The van der Waals surface area contributed by atoms with Gasteiger partial charge in [-0.2, -0.15) is 0 Å². The average molecular weight is 264 g/mol. The zero-order valence-corrected chi connectivity index (χ0v) is 9.32. The molecule has 13 heavy (non-hydrogen) atoms. The predicted octanol–water partition coefficient (Wildman–Crippen LogP) is 3.04. The van der Waals surface area contributed by atoms with Crippen LogP contribution in [0.15, 0.2) is 16.6 Å². The second-order valence-electron chi connectivity index (χ2n) is 2.74. The lowest BCUT2D eigenvalue weighted by atomic mass is 10.1. The Morgan fingerprint density at radius 3 is 2.77 bits per heavy atom. The van der Waals surface area contributed by atoms with E-state index < -0.39 is 5.97 Å². The Morgan fingerprint density at radius 1 is 1.62 bits per heavy atom. The normalized spacial score (nSPS) is 10.1. The van der Waals surface area contributed by atoms with Crippen LogP contribution in [0.1, 0.15) is 11.1 Å². The van der Waals surface area contributed by atoms with Crippen LogP contribution in [0.3, 0.4) is 0 Å². The molecular weight excluding hydrogens is 255 g/mol.